The number of morpholine rings is 1. The van der Waals surface area contributed by atoms with Crippen molar-refractivity contribution in [2.45, 2.75) is 25.1 Å². The summed E-state index contributed by atoms with van der Waals surface area (Å²) in [5, 5.41) is 15.4. The van der Waals surface area contributed by atoms with Crippen LogP contribution in [-0.2, 0) is 16.1 Å². The van der Waals surface area contributed by atoms with Gasteiger partial charge in [-0.25, -0.2) is 0 Å². The number of nitrogens with zero attached hydrogens (tertiary/aromatic N) is 1. The van der Waals surface area contributed by atoms with Gasteiger partial charge in [0.05, 0.1) is 25.4 Å². The van der Waals surface area contributed by atoms with Crippen LogP contribution >= 0.6 is 24.8 Å². The highest BCUT2D eigenvalue weighted by molar-refractivity contribution is 5.95. The van der Waals surface area contributed by atoms with Gasteiger partial charge in [0.15, 0.2) is 0 Å². The molecule has 1 amide bonds. The highest BCUT2D eigenvalue weighted by Gasteiger charge is 2.27. The zero-order chi connectivity index (χ0) is 15.4. The normalized spacial score (nSPS) is 23.9. The van der Waals surface area contributed by atoms with E-state index in [0.29, 0.717) is 13.0 Å². The molecule has 2 heterocycles. The quantitative estimate of drug-likeness (QED) is 0.730. The van der Waals surface area contributed by atoms with E-state index in [1.165, 1.54) is 5.56 Å². The van der Waals surface area contributed by atoms with Crippen LogP contribution in [0.3, 0.4) is 0 Å². The van der Waals surface area contributed by atoms with Crippen LogP contribution < -0.4 is 10.6 Å². The molecule has 3 rings (SSSR count). The van der Waals surface area contributed by atoms with Crippen molar-refractivity contribution in [1.29, 1.82) is 0 Å². The van der Waals surface area contributed by atoms with Gasteiger partial charge in [0, 0.05) is 31.9 Å². The van der Waals surface area contributed by atoms with Crippen LogP contribution in [0.5, 0.6) is 0 Å². The average Bonchev–Trinajstić information content (AvgIpc) is 2.97. The summed E-state index contributed by atoms with van der Waals surface area (Å²) in [5.41, 5.74) is 2.02. The van der Waals surface area contributed by atoms with Crippen LogP contribution in [-0.4, -0.2) is 60.9 Å². The number of hydrogen-bond acceptors (Lipinski definition) is 5. The predicted molar refractivity (Wildman–Crippen MR) is 98.1 cm³/mol. The number of hydrogen-bond donors (Lipinski definition) is 3. The van der Waals surface area contributed by atoms with Gasteiger partial charge in [-0.1, -0.05) is 12.1 Å². The largest absolute Gasteiger partial charge is 0.392 e. The van der Waals surface area contributed by atoms with Crippen molar-refractivity contribution in [2.75, 3.05) is 38.2 Å². The summed E-state index contributed by atoms with van der Waals surface area (Å²) in [6, 6.07) is 7.64. The lowest BCUT2D eigenvalue weighted by molar-refractivity contribution is -0.117. The van der Waals surface area contributed by atoms with E-state index in [1.54, 1.807) is 0 Å². The van der Waals surface area contributed by atoms with E-state index in [-0.39, 0.29) is 36.8 Å². The zero-order valence-corrected chi connectivity index (χ0v) is 15.1. The lowest BCUT2D eigenvalue weighted by atomic mass is 10.1. The van der Waals surface area contributed by atoms with Crippen molar-refractivity contribution in [3.8, 4) is 0 Å². The summed E-state index contributed by atoms with van der Waals surface area (Å²) in [4.78, 5) is 14.4. The fourth-order valence-electron chi connectivity index (χ4n) is 2.86. The number of amides is 1. The molecular weight excluding hydrogens is 353 g/mol. The second-order valence-electron chi connectivity index (χ2n) is 5.93. The van der Waals surface area contributed by atoms with Crippen molar-refractivity contribution < 1.29 is 14.6 Å². The summed E-state index contributed by atoms with van der Waals surface area (Å²) >= 11 is 0. The molecule has 3 N–H and O–H groups in total. The molecule has 0 aromatic heterocycles. The number of ether oxygens (including phenoxy) is 1. The Balaban J connectivity index is 0.00000144. The van der Waals surface area contributed by atoms with Crippen LogP contribution in [0, 0.1) is 0 Å². The first kappa shape index (κ1) is 21.2. The number of nitrogens with one attached hydrogen (secondary N) is 2. The molecule has 1 aromatic carbocycles. The Labute approximate surface area is 154 Å². The minimum Gasteiger partial charge on any atom is -0.392 e. The van der Waals surface area contributed by atoms with Crippen molar-refractivity contribution in [2.24, 2.45) is 0 Å². The molecule has 0 aliphatic carbocycles. The fourth-order valence-corrected chi connectivity index (χ4v) is 2.86. The maximum Gasteiger partial charge on any atom is 0.241 e. The molecule has 0 saturated carbocycles. The minimum absolute atomic E-state index is 0. The third-order valence-corrected chi connectivity index (χ3v) is 4.16. The molecule has 2 saturated heterocycles. The van der Waals surface area contributed by atoms with E-state index in [0.717, 1.165) is 38.5 Å². The first-order valence-corrected chi connectivity index (χ1v) is 7.82. The Morgan fingerprint density at radius 3 is 2.50 bits per heavy atom. The molecule has 2 fully saturated rings. The van der Waals surface area contributed by atoms with Crippen LogP contribution in [0.2, 0.25) is 0 Å². The van der Waals surface area contributed by atoms with Gasteiger partial charge in [-0.3, -0.25) is 9.69 Å². The highest BCUT2D eigenvalue weighted by atomic mass is 35.5. The highest BCUT2D eigenvalue weighted by Crippen LogP contribution is 2.14. The molecule has 2 unspecified atom stereocenters. The van der Waals surface area contributed by atoms with Crippen molar-refractivity contribution >= 4 is 36.4 Å². The Morgan fingerprint density at radius 2 is 1.92 bits per heavy atom. The van der Waals surface area contributed by atoms with E-state index >= 15 is 0 Å². The van der Waals surface area contributed by atoms with Gasteiger partial charge in [-0.2, -0.15) is 0 Å². The molecule has 136 valence electrons. The zero-order valence-electron chi connectivity index (χ0n) is 13.4. The first-order chi connectivity index (χ1) is 10.7. The van der Waals surface area contributed by atoms with E-state index in [4.69, 9.17) is 4.74 Å². The molecular formula is C16H25Cl2N3O3. The van der Waals surface area contributed by atoms with E-state index < -0.39 is 6.10 Å². The summed E-state index contributed by atoms with van der Waals surface area (Å²) < 4.78 is 5.34. The second-order valence-corrected chi connectivity index (χ2v) is 5.93. The SMILES string of the molecule is Cl.Cl.O=C(Nc1ccc(CN2CCOCC2)cc1)C1CC(O)CN1. The number of aliphatic hydroxyl groups excluding tert-OH is 1. The Kier molecular flexibility index (Phi) is 8.97. The predicted octanol–water partition coefficient (Wildman–Crippen LogP) is 1.02. The summed E-state index contributed by atoms with van der Waals surface area (Å²) in [5.74, 6) is -0.0857. The lowest BCUT2D eigenvalue weighted by Gasteiger charge is -2.26. The standard InChI is InChI=1S/C16H23N3O3.2ClH/c20-14-9-15(17-10-14)16(21)18-13-3-1-12(2-4-13)11-19-5-7-22-8-6-19;;/h1-4,14-15,17,20H,5-11H2,(H,18,21);2*1H. The molecule has 24 heavy (non-hydrogen) atoms. The molecule has 2 aliphatic heterocycles. The Bertz CT molecular complexity index is 510. The van der Waals surface area contributed by atoms with Gasteiger partial charge in [0.2, 0.25) is 5.91 Å². The first-order valence-electron chi connectivity index (χ1n) is 7.82. The Morgan fingerprint density at radius 1 is 1.25 bits per heavy atom. The van der Waals surface area contributed by atoms with E-state index in [2.05, 4.69) is 15.5 Å². The van der Waals surface area contributed by atoms with E-state index in [1.807, 2.05) is 24.3 Å². The van der Waals surface area contributed by atoms with Gasteiger partial charge in [-0.15, -0.1) is 24.8 Å². The average molecular weight is 378 g/mol. The number of benzene rings is 1. The minimum atomic E-state index is -0.424. The number of anilines is 1. The monoisotopic (exact) mass is 377 g/mol. The number of carbonyl (C=O) groups is 1. The van der Waals surface area contributed by atoms with Crippen LogP contribution in [0.4, 0.5) is 5.69 Å². The van der Waals surface area contributed by atoms with Gasteiger partial charge < -0.3 is 20.5 Å². The molecule has 0 spiro atoms. The molecule has 8 heteroatoms. The van der Waals surface area contributed by atoms with Crippen LogP contribution in [0.1, 0.15) is 12.0 Å². The third-order valence-electron chi connectivity index (χ3n) is 4.16. The molecule has 2 aliphatic rings. The maximum atomic E-state index is 12.1. The maximum absolute atomic E-state index is 12.1. The second kappa shape index (κ2) is 10.2. The molecule has 2 atom stereocenters. The number of aliphatic hydroxyl groups is 1. The fraction of sp³-hybridized carbons (Fsp3) is 0.562. The van der Waals surface area contributed by atoms with Crippen molar-refractivity contribution in [1.82, 2.24) is 10.2 Å². The summed E-state index contributed by atoms with van der Waals surface area (Å²) in [6.07, 6.45) is 0.0488. The van der Waals surface area contributed by atoms with Crippen molar-refractivity contribution in [3.05, 3.63) is 29.8 Å². The summed E-state index contributed by atoms with van der Waals surface area (Å²) in [7, 11) is 0. The third kappa shape index (κ3) is 5.88. The lowest BCUT2D eigenvalue weighted by Crippen LogP contribution is -2.36. The number of carbonyl (C=O) groups excluding carboxylic acids is 1. The van der Waals surface area contributed by atoms with E-state index in [9.17, 15) is 9.90 Å². The van der Waals surface area contributed by atoms with Crippen LogP contribution in [0.15, 0.2) is 24.3 Å². The van der Waals surface area contributed by atoms with Crippen molar-refractivity contribution in [3.63, 3.8) is 0 Å². The smallest absolute Gasteiger partial charge is 0.241 e. The molecule has 1 aromatic rings. The summed E-state index contributed by atoms with van der Waals surface area (Å²) in [6.45, 7) is 4.93. The van der Waals surface area contributed by atoms with Gasteiger partial charge in [0.1, 0.15) is 0 Å². The van der Waals surface area contributed by atoms with Gasteiger partial charge in [-0.05, 0) is 24.1 Å². The topological polar surface area (TPSA) is 73.8 Å². The molecule has 0 bridgehead atoms. The Hall–Kier alpha value is -0.890. The van der Waals surface area contributed by atoms with Gasteiger partial charge in [0.25, 0.3) is 0 Å². The molecule has 0 radical (unpaired) electrons. The molecule has 6 nitrogen and oxygen atoms in total. The van der Waals surface area contributed by atoms with Crippen LogP contribution in [0.25, 0.3) is 0 Å². The number of halogens is 2. The van der Waals surface area contributed by atoms with Gasteiger partial charge >= 0.3 is 0 Å². The number of rotatable bonds is 4. The number of β-amino-alcohol motifs (C(OH)–C–C–N with tert-alkyl or cyclic N) is 1.